The molecule has 0 aromatic heterocycles. The van der Waals surface area contributed by atoms with E-state index in [0.29, 0.717) is 10.6 Å². The highest BCUT2D eigenvalue weighted by molar-refractivity contribution is 6.31. The Labute approximate surface area is 140 Å². The van der Waals surface area contributed by atoms with E-state index in [1.807, 2.05) is 44.2 Å². The number of rotatable bonds is 5. The second-order valence-electron chi connectivity index (χ2n) is 5.20. The monoisotopic (exact) mass is 331 g/mol. The minimum Gasteiger partial charge on any atom is -0.452 e. The molecule has 1 N–H and O–H groups in total. The fourth-order valence-corrected chi connectivity index (χ4v) is 2.50. The molecule has 0 unspecified atom stereocenters. The third-order valence-electron chi connectivity index (χ3n) is 3.45. The van der Waals surface area contributed by atoms with E-state index in [0.717, 1.165) is 11.1 Å². The van der Waals surface area contributed by atoms with Gasteiger partial charge in [-0.25, -0.2) is 4.79 Å². The minimum atomic E-state index is -0.511. The van der Waals surface area contributed by atoms with E-state index in [9.17, 15) is 9.59 Å². The molecule has 2 aromatic carbocycles. The summed E-state index contributed by atoms with van der Waals surface area (Å²) in [5.41, 5.74) is 2.08. The summed E-state index contributed by atoms with van der Waals surface area (Å²) < 4.78 is 5.05. The molecule has 120 valence electrons. The van der Waals surface area contributed by atoms with Gasteiger partial charge in [0.15, 0.2) is 6.61 Å². The van der Waals surface area contributed by atoms with Crippen molar-refractivity contribution in [1.82, 2.24) is 5.32 Å². The van der Waals surface area contributed by atoms with E-state index >= 15 is 0 Å². The zero-order valence-electron chi connectivity index (χ0n) is 13.0. The van der Waals surface area contributed by atoms with Gasteiger partial charge in [0, 0.05) is 5.02 Å². The van der Waals surface area contributed by atoms with Gasteiger partial charge in [-0.05, 0) is 37.1 Å². The van der Waals surface area contributed by atoms with Crippen LogP contribution >= 0.6 is 11.6 Å². The molecule has 0 aliphatic rings. The average molecular weight is 332 g/mol. The molecule has 0 heterocycles. The normalized spacial score (nSPS) is 11.6. The summed E-state index contributed by atoms with van der Waals surface area (Å²) in [6.45, 7) is 3.31. The molecule has 0 fully saturated rings. The van der Waals surface area contributed by atoms with Gasteiger partial charge in [0.25, 0.3) is 5.91 Å². The number of carbonyl (C=O) groups excluding carboxylic acids is 2. The van der Waals surface area contributed by atoms with Crippen molar-refractivity contribution in [3.8, 4) is 0 Å². The fraction of sp³-hybridized carbons (Fsp3) is 0.222. The molecule has 2 aromatic rings. The van der Waals surface area contributed by atoms with E-state index in [2.05, 4.69) is 5.32 Å². The largest absolute Gasteiger partial charge is 0.452 e. The van der Waals surface area contributed by atoms with Crippen LogP contribution in [0.2, 0.25) is 5.02 Å². The Bertz CT molecular complexity index is 715. The molecule has 4 nitrogen and oxygen atoms in total. The molecule has 2 rings (SSSR count). The number of nitrogens with one attached hydrogen (secondary N) is 1. The number of benzene rings is 2. The standard InChI is InChI=1S/C18H18ClNO3/c1-12-7-3-4-8-14(12)18(22)23-11-17(21)20-13(2)15-9-5-6-10-16(15)19/h3-10,13H,11H2,1-2H3,(H,20,21)/t13-/m1/s1. The highest BCUT2D eigenvalue weighted by Crippen LogP contribution is 2.21. The molecule has 1 atom stereocenters. The lowest BCUT2D eigenvalue weighted by Crippen LogP contribution is -2.31. The fourth-order valence-electron chi connectivity index (χ4n) is 2.20. The van der Waals surface area contributed by atoms with Crippen LogP contribution in [0.5, 0.6) is 0 Å². The van der Waals surface area contributed by atoms with Gasteiger partial charge in [-0.1, -0.05) is 48.0 Å². The van der Waals surface area contributed by atoms with Crippen LogP contribution in [0.4, 0.5) is 0 Å². The molecule has 0 aliphatic heterocycles. The molecular weight excluding hydrogens is 314 g/mol. The Morgan fingerprint density at radius 3 is 2.48 bits per heavy atom. The number of carbonyl (C=O) groups is 2. The lowest BCUT2D eigenvalue weighted by Gasteiger charge is -2.15. The molecule has 0 spiro atoms. The SMILES string of the molecule is Cc1ccccc1C(=O)OCC(=O)N[C@H](C)c1ccccc1Cl. The number of halogens is 1. The van der Waals surface area contributed by atoms with Crippen molar-refractivity contribution in [3.63, 3.8) is 0 Å². The number of hydrogen-bond donors (Lipinski definition) is 1. The zero-order valence-corrected chi connectivity index (χ0v) is 13.8. The van der Waals surface area contributed by atoms with Gasteiger partial charge < -0.3 is 10.1 Å². The van der Waals surface area contributed by atoms with Crippen LogP contribution in [0, 0.1) is 6.92 Å². The Balaban J connectivity index is 1.89. The highest BCUT2D eigenvalue weighted by Gasteiger charge is 2.15. The molecule has 0 saturated carbocycles. The summed E-state index contributed by atoms with van der Waals surface area (Å²) in [5, 5.41) is 3.34. The zero-order chi connectivity index (χ0) is 16.8. The van der Waals surface area contributed by atoms with Crippen molar-refractivity contribution < 1.29 is 14.3 Å². The van der Waals surface area contributed by atoms with Crippen LogP contribution in [0.25, 0.3) is 0 Å². The van der Waals surface area contributed by atoms with Crippen LogP contribution in [-0.2, 0) is 9.53 Å². The van der Waals surface area contributed by atoms with Crippen molar-refractivity contribution >= 4 is 23.5 Å². The predicted octanol–water partition coefficient (Wildman–Crippen LogP) is 3.68. The first-order valence-corrected chi connectivity index (χ1v) is 7.63. The van der Waals surface area contributed by atoms with Crippen molar-refractivity contribution in [2.45, 2.75) is 19.9 Å². The van der Waals surface area contributed by atoms with Gasteiger partial charge in [-0.2, -0.15) is 0 Å². The Morgan fingerprint density at radius 2 is 1.78 bits per heavy atom. The van der Waals surface area contributed by atoms with Crippen molar-refractivity contribution in [2.24, 2.45) is 0 Å². The van der Waals surface area contributed by atoms with E-state index in [4.69, 9.17) is 16.3 Å². The number of aryl methyl sites for hydroxylation is 1. The van der Waals surface area contributed by atoms with Crippen LogP contribution in [0.3, 0.4) is 0 Å². The van der Waals surface area contributed by atoms with Crippen LogP contribution in [0.1, 0.15) is 34.5 Å². The smallest absolute Gasteiger partial charge is 0.338 e. The van der Waals surface area contributed by atoms with Gasteiger partial charge in [0.1, 0.15) is 0 Å². The Kier molecular flexibility index (Phi) is 5.77. The number of ether oxygens (including phenoxy) is 1. The van der Waals surface area contributed by atoms with E-state index in [1.165, 1.54) is 0 Å². The summed E-state index contributed by atoms with van der Waals surface area (Å²) in [7, 11) is 0. The van der Waals surface area contributed by atoms with Crippen molar-refractivity contribution in [1.29, 1.82) is 0 Å². The maximum absolute atomic E-state index is 12.0. The Morgan fingerprint density at radius 1 is 1.13 bits per heavy atom. The molecule has 23 heavy (non-hydrogen) atoms. The van der Waals surface area contributed by atoms with Crippen molar-refractivity contribution in [3.05, 3.63) is 70.2 Å². The van der Waals surface area contributed by atoms with Gasteiger partial charge in [-0.3, -0.25) is 4.79 Å². The molecule has 1 amide bonds. The second-order valence-corrected chi connectivity index (χ2v) is 5.61. The summed E-state index contributed by atoms with van der Waals surface area (Å²) in [6, 6.07) is 14.1. The van der Waals surface area contributed by atoms with Crippen molar-refractivity contribution in [2.75, 3.05) is 6.61 Å². The lowest BCUT2D eigenvalue weighted by molar-refractivity contribution is -0.124. The van der Waals surface area contributed by atoms with E-state index in [1.54, 1.807) is 18.2 Å². The third-order valence-corrected chi connectivity index (χ3v) is 3.79. The molecule has 0 radical (unpaired) electrons. The Hall–Kier alpha value is -2.33. The molecule has 0 aliphatic carbocycles. The summed E-state index contributed by atoms with van der Waals surface area (Å²) in [4.78, 5) is 23.9. The summed E-state index contributed by atoms with van der Waals surface area (Å²) in [5.74, 6) is -0.886. The van der Waals surface area contributed by atoms with Crippen LogP contribution < -0.4 is 5.32 Å². The van der Waals surface area contributed by atoms with Gasteiger partial charge in [0.05, 0.1) is 11.6 Å². The molecule has 0 saturated heterocycles. The summed E-state index contributed by atoms with van der Waals surface area (Å²) >= 11 is 6.09. The van der Waals surface area contributed by atoms with Gasteiger partial charge in [0.2, 0.25) is 0 Å². The molecule has 0 bridgehead atoms. The first kappa shape index (κ1) is 17.0. The lowest BCUT2D eigenvalue weighted by atomic mass is 10.1. The van der Waals surface area contributed by atoms with Gasteiger partial charge in [-0.15, -0.1) is 0 Å². The molecule has 5 heteroatoms. The maximum atomic E-state index is 12.0. The number of amides is 1. The second kappa shape index (κ2) is 7.79. The number of hydrogen-bond acceptors (Lipinski definition) is 3. The van der Waals surface area contributed by atoms with E-state index in [-0.39, 0.29) is 18.6 Å². The van der Waals surface area contributed by atoms with Crippen LogP contribution in [0.15, 0.2) is 48.5 Å². The maximum Gasteiger partial charge on any atom is 0.338 e. The first-order chi connectivity index (χ1) is 11.0. The number of esters is 1. The minimum absolute atomic E-state index is 0.270. The topological polar surface area (TPSA) is 55.4 Å². The first-order valence-electron chi connectivity index (χ1n) is 7.25. The average Bonchev–Trinajstić information content (AvgIpc) is 2.53. The highest BCUT2D eigenvalue weighted by atomic mass is 35.5. The van der Waals surface area contributed by atoms with Gasteiger partial charge >= 0.3 is 5.97 Å². The summed E-state index contributed by atoms with van der Waals surface area (Å²) in [6.07, 6.45) is 0. The quantitative estimate of drug-likeness (QED) is 0.850. The third kappa shape index (κ3) is 4.57. The predicted molar refractivity (Wildman–Crippen MR) is 89.5 cm³/mol. The molecular formula is C18H18ClNO3. The van der Waals surface area contributed by atoms with Crippen LogP contribution in [-0.4, -0.2) is 18.5 Å². The van der Waals surface area contributed by atoms with E-state index < -0.39 is 5.97 Å².